The van der Waals surface area contributed by atoms with Crippen molar-refractivity contribution in [3.63, 3.8) is 0 Å². The zero-order valence-electron chi connectivity index (χ0n) is 43.8. The average Bonchev–Trinajstić information content (AvgIpc) is 3.28. The molecule has 0 aromatic carbocycles. The minimum absolute atomic E-state index is 0.0618. The Hall–Kier alpha value is -1.59. The Kier molecular flexibility index (Phi) is 51.1. The predicted molar refractivity (Wildman–Crippen MR) is 275 cm³/mol. The molecule has 0 fully saturated rings. The maximum Gasteiger partial charge on any atom is 0.306 e. The molecule has 0 aliphatic rings. The molecule has 0 spiro atoms. The van der Waals surface area contributed by atoms with E-state index in [0.29, 0.717) is 19.3 Å². The monoisotopic (exact) mass is 905 g/mol. The topological polar surface area (TPSA) is 78.9 Å². The fourth-order valence-corrected chi connectivity index (χ4v) is 8.92. The lowest BCUT2D eigenvalue weighted by Crippen LogP contribution is -2.30. The minimum atomic E-state index is -0.761. The number of hydrogen-bond acceptors (Lipinski definition) is 6. The quantitative estimate of drug-likeness (QED) is 0.0344. The number of ether oxygens (including phenoxy) is 3. The SMILES string of the molecule is CCCCCCCCCCCCCCCCCCC(=O)OC[C@@H](COC(=O)CCCCCCCCCCCCCCCCC(C)C)OC(=O)CCCCCCCCCCCCCCC. The van der Waals surface area contributed by atoms with E-state index in [2.05, 4.69) is 27.7 Å². The Labute approximate surface area is 399 Å². The van der Waals surface area contributed by atoms with Gasteiger partial charge in [0.25, 0.3) is 0 Å². The average molecular weight is 906 g/mol. The molecule has 0 saturated heterocycles. The van der Waals surface area contributed by atoms with Crippen LogP contribution in [0.3, 0.4) is 0 Å². The van der Waals surface area contributed by atoms with Crippen LogP contribution < -0.4 is 0 Å². The second-order valence-electron chi connectivity index (χ2n) is 20.4. The second-order valence-corrected chi connectivity index (χ2v) is 20.4. The lowest BCUT2D eigenvalue weighted by atomic mass is 10.0. The minimum Gasteiger partial charge on any atom is -0.462 e. The highest BCUT2D eigenvalue weighted by Gasteiger charge is 2.19. The van der Waals surface area contributed by atoms with Crippen molar-refractivity contribution in [2.75, 3.05) is 13.2 Å². The van der Waals surface area contributed by atoms with Crippen LogP contribution in [0.25, 0.3) is 0 Å². The molecule has 0 heterocycles. The number of hydrogen-bond donors (Lipinski definition) is 0. The van der Waals surface area contributed by atoms with E-state index < -0.39 is 6.10 Å². The van der Waals surface area contributed by atoms with Crippen LogP contribution in [0.5, 0.6) is 0 Å². The number of carbonyl (C=O) groups is 3. The normalized spacial score (nSPS) is 12.0. The molecule has 380 valence electrons. The van der Waals surface area contributed by atoms with Gasteiger partial charge in [0.2, 0.25) is 0 Å². The third-order valence-corrected chi connectivity index (χ3v) is 13.3. The third-order valence-electron chi connectivity index (χ3n) is 13.3. The number of unbranched alkanes of at least 4 members (excludes halogenated alkanes) is 40. The van der Waals surface area contributed by atoms with Crippen molar-refractivity contribution >= 4 is 17.9 Å². The van der Waals surface area contributed by atoms with E-state index in [1.807, 2.05) is 0 Å². The zero-order chi connectivity index (χ0) is 46.7. The van der Waals surface area contributed by atoms with E-state index >= 15 is 0 Å². The van der Waals surface area contributed by atoms with Gasteiger partial charge < -0.3 is 14.2 Å². The van der Waals surface area contributed by atoms with Crippen molar-refractivity contribution in [1.29, 1.82) is 0 Å². The summed E-state index contributed by atoms with van der Waals surface area (Å²) in [5, 5.41) is 0. The summed E-state index contributed by atoms with van der Waals surface area (Å²) < 4.78 is 16.9. The van der Waals surface area contributed by atoms with E-state index in [1.54, 1.807) is 0 Å². The highest BCUT2D eigenvalue weighted by molar-refractivity contribution is 5.71. The van der Waals surface area contributed by atoms with Crippen LogP contribution >= 0.6 is 0 Å². The Balaban J connectivity index is 4.28. The first-order chi connectivity index (χ1) is 31.4. The van der Waals surface area contributed by atoms with Crippen molar-refractivity contribution < 1.29 is 28.6 Å². The van der Waals surface area contributed by atoms with Gasteiger partial charge in [-0.25, -0.2) is 0 Å². The van der Waals surface area contributed by atoms with Crippen LogP contribution in [-0.4, -0.2) is 37.2 Å². The first-order valence-corrected chi connectivity index (χ1v) is 28.9. The van der Waals surface area contributed by atoms with Crippen LogP contribution in [0.2, 0.25) is 0 Å². The van der Waals surface area contributed by atoms with Gasteiger partial charge in [0.1, 0.15) is 13.2 Å². The molecule has 0 aromatic rings. The van der Waals surface area contributed by atoms with Crippen LogP contribution in [0.4, 0.5) is 0 Å². The predicted octanol–water partition coefficient (Wildman–Crippen LogP) is 19.0. The van der Waals surface area contributed by atoms with Gasteiger partial charge in [-0.2, -0.15) is 0 Å². The summed E-state index contributed by atoms with van der Waals surface area (Å²) in [6.07, 6.45) is 56.6. The number of esters is 3. The molecule has 0 aliphatic heterocycles. The van der Waals surface area contributed by atoms with E-state index in [4.69, 9.17) is 14.2 Å². The summed E-state index contributed by atoms with van der Waals surface area (Å²) in [7, 11) is 0. The van der Waals surface area contributed by atoms with Crippen molar-refractivity contribution in [3.8, 4) is 0 Å². The number of carbonyl (C=O) groups excluding carboxylic acids is 3. The third kappa shape index (κ3) is 51.4. The second kappa shape index (κ2) is 52.4. The molecule has 6 heteroatoms. The van der Waals surface area contributed by atoms with Gasteiger partial charge in [-0.3, -0.25) is 14.4 Å². The summed E-state index contributed by atoms with van der Waals surface area (Å²) >= 11 is 0. The molecule has 1 atom stereocenters. The highest BCUT2D eigenvalue weighted by atomic mass is 16.6. The van der Waals surface area contributed by atoms with Gasteiger partial charge in [0.15, 0.2) is 6.10 Å². The molecule has 6 nitrogen and oxygen atoms in total. The van der Waals surface area contributed by atoms with Crippen LogP contribution in [0.1, 0.15) is 329 Å². The molecule has 0 radical (unpaired) electrons. The van der Waals surface area contributed by atoms with Crippen LogP contribution in [0, 0.1) is 5.92 Å². The van der Waals surface area contributed by atoms with Crippen molar-refractivity contribution in [2.45, 2.75) is 336 Å². The lowest BCUT2D eigenvalue weighted by molar-refractivity contribution is -0.167. The summed E-state index contributed by atoms with van der Waals surface area (Å²) in [5.74, 6) is 0.00987. The standard InChI is InChI=1S/C58H112O6/c1-5-7-9-11-13-15-17-19-20-21-26-29-33-37-41-45-49-56(59)62-52-55(64-58(61)51-47-43-39-35-31-24-18-16-14-12-10-8-6-2)53-63-57(60)50-46-42-38-34-30-27-23-22-25-28-32-36-40-44-48-54(3)4/h54-55H,5-53H2,1-4H3/t55-/m0/s1. The molecule has 0 aromatic heterocycles. The van der Waals surface area contributed by atoms with E-state index in [9.17, 15) is 14.4 Å². The van der Waals surface area contributed by atoms with Crippen molar-refractivity contribution in [3.05, 3.63) is 0 Å². The van der Waals surface area contributed by atoms with Crippen molar-refractivity contribution in [1.82, 2.24) is 0 Å². The molecule has 0 N–H and O–H groups in total. The largest absolute Gasteiger partial charge is 0.462 e. The molecular formula is C58H112O6. The Morgan fingerprint density at radius 3 is 0.766 bits per heavy atom. The lowest BCUT2D eigenvalue weighted by Gasteiger charge is -2.18. The summed E-state index contributed by atoms with van der Waals surface area (Å²) in [6.45, 7) is 9.07. The molecule has 0 bridgehead atoms. The summed E-state index contributed by atoms with van der Waals surface area (Å²) in [4.78, 5) is 38.1. The zero-order valence-corrected chi connectivity index (χ0v) is 43.8. The Morgan fingerprint density at radius 2 is 0.516 bits per heavy atom. The molecular weight excluding hydrogens is 793 g/mol. The summed E-state index contributed by atoms with van der Waals surface area (Å²) in [6, 6.07) is 0. The molecule has 0 rings (SSSR count). The van der Waals surface area contributed by atoms with Gasteiger partial charge >= 0.3 is 17.9 Å². The Bertz CT molecular complexity index is 964. The maximum atomic E-state index is 12.8. The van der Waals surface area contributed by atoms with E-state index in [0.717, 1.165) is 63.7 Å². The maximum absolute atomic E-state index is 12.8. The van der Waals surface area contributed by atoms with E-state index in [1.165, 1.54) is 225 Å². The van der Waals surface area contributed by atoms with Gasteiger partial charge in [0, 0.05) is 19.3 Å². The van der Waals surface area contributed by atoms with Crippen molar-refractivity contribution in [2.24, 2.45) is 5.92 Å². The molecule has 0 aliphatic carbocycles. The molecule has 0 saturated carbocycles. The number of rotatable bonds is 53. The first kappa shape index (κ1) is 62.4. The summed E-state index contributed by atoms with van der Waals surface area (Å²) in [5.41, 5.74) is 0. The fourth-order valence-electron chi connectivity index (χ4n) is 8.92. The fraction of sp³-hybridized carbons (Fsp3) is 0.948. The van der Waals surface area contributed by atoms with Gasteiger partial charge in [0.05, 0.1) is 0 Å². The van der Waals surface area contributed by atoms with Gasteiger partial charge in [-0.05, 0) is 25.2 Å². The van der Waals surface area contributed by atoms with E-state index in [-0.39, 0.29) is 31.1 Å². The smallest absolute Gasteiger partial charge is 0.306 e. The first-order valence-electron chi connectivity index (χ1n) is 28.9. The molecule has 0 unspecified atom stereocenters. The Morgan fingerprint density at radius 1 is 0.297 bits per heavy atom. The van der Waals surface area contributed by atoms with Gasteiger partial charge in [-0.15, -0.1) is 0 Å². The van der Waals surface area contributed by atoms with Gasteiger partial charge in [-0.1, -0.05) is 291 Å². The van der Waals surface area contributed by atoms with Crippen LogP contribution in [0.15, 0.2) is 0 Å². The van der Waals surface area contributed by atoms with Crippen LogP contribution in [-0.2, 0) is 28.6 Å². The molecule has 64 heavy (non-hydrogen) atoms. The highest BCUT2D eigenvalue weighted by Crippen LogP contribution is 2.18. The molecule has 0 amide bonds.